The fraction of sp³-hybridized carbons (Fsp3) is 0.217. The number of nitrogens with zero attached hydrogens (tertiary/aromatic N) is 1. The third-order valence-electron chi connectivity index (χ3n) is 4.47. The smallest absolute Gasteiger partial charge is 0.141 e. The van der Waals surface area contributed by atoms with Crippen LogP contribution < -0.4 is 0 Å². The van der Waals surface area contributed by atoms with E-state index in [-0.39, 0.29) is 5.78 Å². The van der Waals surface area contributed by atoms with Gasteiger partial charge >= 0.3 is 0 Å². The van der Waals surface area contributed by atoms with Crippen LogP contribution in [0, 0.1) is 6.92 Å². The molecular weight excluding hydrogens is 306 g/mol. The minimum Gasteiger partial charge on any atom is -0.299 e. The molecule has 0 fully saturated rings. The molecule has 126 valence electrons. The number of hydrogen-bond donors (Lipinski definition) is 0. The second kappa shape index (κ2) is 7.89. The summed E-state index contributed by atoms with van der Waals surface area (Å²) in [7, 11) is 0. The van der Waals surface area contributed by atoms with E-state index in [1.807, 2.05) is 31.3 Å². The zero-order valence-corrected chi connectivity index (χ0v) is 14.8. The first kappa shape index (κ1) is 17.1. The topological polar surface area (TPSA) is 30.0 Å². The normalized spacial score (nSPS) is 10.6. The van der Waals surface area contributed by atoms with Gasteiger partial charge in [-0.05, 0) is 53.3 Å². The van der Waals surface area contributed by atoms with Crippen LogP contribution in [-0.4, -0.2) is 10.8 Å². The van der Waals surface area contributed by atoms with Crippen molar-refractivity contribution in [3.05, 3.63) is 89.2 Å². The second-order valence-electron chi connectivity index (χ2n) is 6.40. The quantitative estimate of drug-likeness (QED) is 0.639. The van der Waals surface area contributed by atoms with Crippen molar-refractivity contribution < 1.29 is 4.79 Å². The van der Waals surface area contributed by atoms with Crippen LogP contribution in [0.3, 0.4) is 0 Å². The predicted molar refractivity (Wildman–Crippen MR) is 103 cm³/mol. The van der Waals surface area contributed by atoms with E-state index in [0.29, 0.717) is 12.8 Å². The first-order valence-corrected chi connectivity index (χ1v) is 8.76. The molecule has 1 heterocycles. The van der Waals surface area contributed by atoms with Crippen molar-refractivity contribution in [3.8, 4) is 11.1 Å². The number of benzene rings is 2. The highest BCUT2D eigenvalue weighted by molar-refractivity contribution is 5.83. The van der Waals surface area contributed by atoms with Gasteiger partial charge in [-0.15, -0.1) is 0 Å². The molecule has 0 radical (unpaired) electrons. The Morgan fingerprint density at radius 3 is 2.28 bits per heavy atom. The summed E-state index contributed by atoms with van der Waals surface area (Å²) >= 11 is 0. The van der Waals surface area contributed by atoms with Crippen molar-refractivity contribution >= 4 is 5.78 Å². The van der Waals surface area contributed by atoms with Gasteiger partial charge in [0.25, 0.3) is 0 Å². The molecule has 3 rings (SSSR count). The van der Waals surface area contributed by atoms with Crippen LogP contribution in [0.5, 0.6) is 0 Å². The molecular formula is C23H23NO. The predicted octanol–water partition coefficient (Wildman–Crippen LogP) is 4.97. The molecule has 0 atom stereocenters. The van der Waals surface area contributed by atoms with E-state index in [1.165, 1.54) is 5.56 Å². The van der Waals surface area contributed by atoms with Crippen molar-refractivity contribution in [2.45, 2.75) is 33.1 Å². The Morgan fingerprint density at radius 1 is 0.880 bits per heavy atom. The van der Waals surface area contributed by atoms with Crippen LogP contribution in [0.4, 0.5) is 0 Å². The summed E-state index contributed by atoms with van der Waals surface area (Å²) < 4.78 is 0. The molecule has 0 unspecified atom stereocenters. The molecule has 0 aliphatic rings. The molecule has 2 heteroatoms. The second-order valence-corrected chi connectivity index (χ2v) is 6.40. The van der Waals surface area contributed by atoms with Crippen molar-refractivity contribution in [1.82, 2.24) is 4.98 Å². The summed E-state index contributed by atoms with van der Waals surface area (Å²) in [5, 5.41) is 0. The average Bonchev–Trinajstić information content (AvgIpc) is 2.63. The number of rotatable bonds is 6. The summed E-state index contributed by atoms with van der Waals surface area (Å²) in [4.78, 5) is 16.7. The Balaban J connectivity index is 1.68. The third kappa shape index (κ3) is 4.42. The first-order valence-electron chi connectivity index (χ1n) is 8.76. The van der Waals surface area contributed by atoms with Gasteiger partial charge in [0.15, 0.2) is 0 Å². The molecule has 25 heavy (non-hydrogen) atoms. The van der Waals surface area contributed by atoms with Crippen LogP contribution in [0.15, 0.2) is 66.9 Å². The minimum absolute atomic E-state index is 0.258. The van der Waals surface area contributed by atoms with E-state index in [1.54, 1.807) is 0 Å². The van der Waals surface area contributed by atoms with E-state index >= 15 is 0 Å². The maximum absolute atomic E-state index is 12.4. The van der Waals surface area contributed by atoms with Gasteiger partial charge in [0.1, 0.15) is 5.78 Å². The summed E-state index contributed by atoms with van der Waals surface area (Å²) in [6.45, 7) is 4.12. The van der Waals surface area contributed by atoms with Crippen molar-refractivity contribution in [1.29, 1.82) is 0 Å². The van der Waals surface area contributed by atoms with Crippen molar-refractivity contribution in [2.75, 3.05) is 0 Å². The molecule has 3 aromatic rings. The highest BCUT2D eigenvalue weighted by Gasteiger charge is 2.08. The van der Waals surface area contributed by atoms with Crippen LogP contribution in [-0.2, 0) is 24.1 Å². The van der Waals surface area contributed by atoms with E-state index in [2.05, 4.69) is 54.4 Å². The van der Waals surface area contributed by atoms with Crippen LogP contribution >= 0.6 is 0 Å². The maximum Gasteiger partial charge on any atom is 0.141 e. The fourth-order valence-electron chi connectivity index (χ4n) is 3.12. The van der Waals surface area contributed by atoms with E-state index in [0.717, 1.165) is 34.4 Å². The number of carbonyl (C=O) groups is 1. The summed E-state index contributed by atoms with van der Waals surface area (Å²) in [6, 6.07) is 20.5. The molecule has 2 nitrogen and oxygen atoms in total. The van der Waals surface area contributed by atoms with E-state index in [9.17, 15) is 4.79 Å². The van der Waals surface area contributed by atoms with Gasteiger partial charge in [-0.1, -0.05) is 55.5 Å². The lowest BCUT2D eigenvalue weighted by Crippen LogP contribution is -2.08. The number of carbonyl (C=O) groups excluding carboxylic acids is 1. The molecule has 2 aromatic carbocycles. The van der Waals surface area contributed by atoms with Crippen LogP contribution in [0.25, 0.3) is 11.1 Å². The molecule has 1 aromatic heterocycles. The standard InChI is InChI=1S/C23H23NO/c1-3-19-6-4-5-7-21(19)16-23(25)15-18-8-10-20(11-9-18)22-12-13-24-17(2)14-22/h4-14H,3,15-16H2,1-2H3. The molecule has 0 saturated heterocycles. The number of ketones is 1. The van der Waals surface area contributed by atoms with Gasteiger partial charge in [-0.2, -0.15) is 0 Å². The Bertz CT molecular complexity index is 865. The monoisotopic (exact) mass is 329 g/mol. The average molecular weight is 329 g/mol. The zero-order chi connectivity index (χ0) is 17.6. The van der Waals surface area contributed by atoms with Gasteiger partial charge < -0.3 is 0 Å². The Kier molecular flexibility index (Phi) is 5.39. The Morgan fingerprint density at radius 2 is 1.60 bits per heavy atom. The summed E-state index contributed by atoms with van der Waals surface area (Å²) in [5.41, 5.74) is 6.79. The van der Waals surface area contributed by atoms with Gasteiger partial charge in [0, 0.05) is 24.7 Å². The summed E-state index contributed by atoms with van der Waals surface area (Å²) in [5.74, 6) is 0.258. The first-order chi connectivity index (χ1) is 12.2. The fourth-order valence-corrected chi connectivity index (χ4v) is 3.12. The number of hydrogen-bond acceptors (Lipinski definition) is 2. The molecule has 0 bridgehead atoms. The molecule has 0 N–H and O–H groups in total. The Hall–Kier alpha value is -2.74. The van der Waals surface area contributed by atoms with Gasteiger partial charge in [-0.25, -0.2) is 0 Å². The van der Waals surface area contributed by atoms with Crippen LogP contribution in [0.2, 0.25) is 0 Å². The highest BCUT2D eigenvalue weighted by Crippen LogP contribution is 2.20. The van der Waals surface area contributed by atoms with Crippen molar-refractivity contribution in [3.63, 3.8) is 0 Å². The molecule has 0 saturated carbocycles. The van der Waals surface area contributed by atoms with Gasteiger partial charge in [0.2, 0.25) is 0 Å². The maximum atomic E-state index is 12.4. The zero-order valence-electron chi connectivity index (χ0n) is 14.8. The number of aromatic nitrogens is 1. The van der Waals surface area contributed by atoms with E-state index < -0.39 is 0 Å². The number of aryl methyl sites for hydroxylation is 2. The largest absolute Gasteiger partial charge is 0.299 e. The Labute approximate surface area is 149 Å². The third-order valence-corrected chi connectivity index (χ3v) is 4.47. The number of Topliss-reactive ketones (excluding diaryl/α,β-unsaturated/α-hetero) is 1. The van der Waals surface area contributed by atoms with Gasteiger partial charge in [0.05, 0.1) is 0 Å². The minimum atomic E-state index is 0.258. The molecule has 0 spiro atoms. The highest BCUT2D eigenvalue weighted by atomic mass is 16.1. The molecule has 0 aliphatic heterocycles. The summed E-state index contributed by atoms with van der Waals surface area (Å²) in [6.07, 6.45) is 3.78. The lowest BCUT2D eigenvalue weighted by Gasteiger charge is -2.08. The number of pyridine rings is 1. The van der Waals surface area contributed by atoms with Crippen molar-refractivity contribution in [2.24, 2.45) is 0 Å². The lowest BCUT2D eigenvalue weighted by atomic mass is 9.97. The van der Waals surface area contributed by atoms with Crippen LogP contribution in [0.1, 0.15) is 29.3 Å². The SMILES string of the molecule is CCc1ccccc1CC(=O)Cc1ccc(-c2ccnc(C)c2)cc1. The molecule has 0 aliphatic carbocycles. The van der Waals surface area contributed by atoms with Gasteiger partial charge in [-0.3, -0.25) is 9.78 Å². The molecule has 0 amide bonds. The van der Waals surface area contributed by atoms with E-state index in [4.69, 9.17) is 0 Å². The lowest BCUT2D eigenvalue weighted by molar-refractivity contribution is -0.117.